The molecule has 1 aliphatic heterocycles. The van der Waals surface area contributed by atoms with Crippen LogP contribution in [0.2, 0.25) is 0 Å². The van der Waals surface area contributed by atoms with Crippen molar-refractivity contribution in [2.45, 2.75) is 32.8 Å². The third kappa shape index (κ3) is 5.86. The number of aryl methyl sites for hydroxylation is 1. The van der Waals surface area contributed by atoms with Crippen molar-refractivity contribution in [3.8, 4) is 0 Å². The zero-order chi connectivity index (χ0) is 16.9. The summed E-state index contributed by atoms with van der Waals surface area (Å²) in [4.78, 5) is 13.4. The molecule has 128 valence electrons. The van der Waals surface area contributed by atoms with Crippen molar-refractivity contribution in [3.05, 3.63) is 35.9 Å². The Bertz CT molecular complexity index is 613. The lowest BCUT2D eigenvalue weighted by atomic mass is 10.2. The number of cyclic esters (lactones) is 1. The summed E-state index contributed by atoms with van der Waals surface area (Å²) >= 11 is 0. The number of ether oxygens (including phenoxy) is 1. The summed E-state index contributed by atoms with van der Waals surface area (Å²) < 4.78 is 29.6. The molecule has 1 atom stereocenters. The molecule has 2 rings (SSSR count). The molecule has 0 unspecified atom stereocenters. The first-order valence-corrected chi connectivity index (χ1v) is 9.88. The van der Waals surface area contributed by atoms with E-state index in [0.717, 1.165) is 5.56 Å². The summed E-state index contributed by atoms with van der Waals surface area (Å²) in [6.07, 6.45) is 0.253. The summed E-state index contributed by atoms with van der Waals surface area (Å²) in [7, 11) is -3.14. The van der Waals surface area contributed by atoms with E-state index in [1.165, 1.54) is 0 Å². The van der Waals surface area contributed by atoms with Gasteiger partial charge in [-0.3, -0.25) is 0 Å². The Kier molecular flexibility index (Phi) is 6.04. The molecular formula is C17H25NO4S. The molecule has 1 saturated heterocycles. The predicted molar refractivity (Wildman–Crippen MR) is 90.1 cm³/mol. The number of hydrogen-bond donors (Lipinski definition) is 0. The van der Waals surface area contributed by atoms with E-state index in [0.29, 0.717) is 31.8 Å². The summed E-state index contributed by atoms with van der Waals surface area (Å²) in [5, 5.41) is 0. The highest BCUT2D eigenvalue weighted by Crippen LogP contribution is 2.17. The number of hydrogen-bond acceptors (Lipinski definition) is 4. The van der Waals surface area contributed by atoms with Crippen molar-refractivity contribution in [2.24, 2.45) is 5.92 Å². The van der Waals surface area contributed by atoms with Gasteiger partial charge >= 0.3 is 6.09 Å². The average Bonchev–Trinajstić information content (AvgIpc) is 2.84. The van der Waals surface area contributed by atoms with Crippen molar-refractivity contribution in [3.63, 3.8) is 0 Å². The molecule has 1 heterocycles. The second kappa shape index (κ2) is 7.81. The minimum atomic E-state index is -3.14. The maximum Gasteiger partial charge on any atom is 0.410 e. The minimum Gasteiger partial charge on any atom is -0.444 e. The van der Waals surface area contributed by atoms with Gasteiger partial charge in [0.25, 0.3) is 0 Å². The monoisotopic (exact) mass is 339 g/mol. The van der Waals surface area contributed by atoms with Crippen LogP contribution in [0.25, 0.3) is 0 Å². The largest absolute Gasteiger partial charge is 0.444 e. The van der Waals surface area contributed by atoms with E-state index in [-0.39, 0.29) is 23.7 Å². The quantitative estimate of drug-likeness (QED) is 0.730. The lowest BCUT2D eigenvalue weighted by Crippen LogP contribution is -2.29. The first kappa shape index (κ1) is 17.8. The third-order valence-corrected chi connectivity index (χ3v) is 5.51. The molecule has 1 fully saturated rings. The van der Waals surface area contributed by atoms with Crippen LogP contribution in [0.3, 0.4) is 0 Å². The number of rotatable bonds is 8. The zero-order valence-electron chi connectivity index (χ0n) is 13.8. The number of amides is 1. The highest BCUT2D eigenvalue weighted by molar-refractivity contribution is 7.91. The molecule has 0 aliphatic carbocycles. The molecule has 23 heavy (non-hydrogen) atoms. The number of carbonyl (C=O) groups excluding carboxylic acids is 1. The van der Waals surface area contributed by atoms with Gasteiger partial charge in [0.2, 0.25) is 0 Å². The summed E-state index contributed by atoms with van der Waals surface area (Å²) in [5.74, 6) is 0.566. The normalized spacial score (nSPS) is 18.5. The molecule has 0 saturated carbocycles. The van der Waals surface area contributed by atoms with Gasteiger partial charge in [-0.05, 0) is 17.9 Å². The van der Waals surface area contributed by atoms with E-state index < -0.39 is 9.84 Å². The molecule has 0 spiro atoms. The van der Waals surface area contributed by atoms with Gasteiger partial charge in [0.1, 0.15) is 6.10 Å². The van der Waals surface area contributed by atoms with Gasteiger partial charge < -0.3 is 9.64 Å². The van der Waals surface area contributed by atoms with Crippen LogP contribution < -0.4 is 0 Å². The number of benzene rings is 1. The summed E-state index contributed by atoms with van der Waals surface area (Å²) in [6.45, 7) is 5.21. The van der Waals surface area contributed by atoms with Crippen LogP contribution >= 0.6 is 0 Å². The van der Waals surface area contributed by atoms with Crippen LogP contribution in [0.4, 0.5) is 4.79 Å². The van der Waals surface area contributed by atoms with Gasteiger partial charge in [-0.15, -0.1) is 0 Å². The molecular weight excluding hydrogens is 314 g/mol. The molecule has 1 aliphatic rings. The Morgan fingerprint density at radius 2 is 1.91 bits per heavy atom. The third-order valence-electron chi connectivity index (χ3n) is 3.83. The first-order valence-electron chi connectivity index (χ1n) is 8.05. The molecule has 0 aromatic heterocycles. The fraction of sp³-hybridized carbons (Fsp3) is 0.588. The highest BCUT2D eigenvalue weighted by atomic mass is 32.2. The number of carbonyl (C=O) groups is 1. The maximum atomic E-state index is 12.1. The molecule has 1 aromatic carbocycles. The fourth-order valence-electron chi connectivity index (χ4n) is 2.65. The standard InChI is InChI=1S/C17H25NO4S/c1-14(2)12-18-13-16(22-17(18)19)9-11-23(20,21)10-8-15-6-4-3-5-7-15/h3-7,14,16H,8-13H2,1-2H3/t16-/m0/s1. The van der Waals surface area contributed by atoms with E-state index in [1.54, 1.807) is 4.90 Å². The van der Waals surface area contributed by atoms with Gasteiger partial charge in [-0.2, -0.15) is 0 Å². The average molecular weight is 339 g/mol. The van der Waals surface area contributed by atoms with Crippen molar-refractivity contribution in [1.29, 1.82) is 0 Å². The van der Waals surface area contributed by atoms with Crippen LogP contribution in [-0.4, -0.2) is 50.1 Å². The maximum absolute atomic E-state index is 12.1. The van der Waals surface area contributed by atoms with Crippen LogP contribution in [0.1, 0.15) is 25.8 Å². The second-order valence-corrected chi connectivity index (χ2v) is 8.78. The van der Waals surface area contributed by atoms with E-state index in [1.807, 2.05) is 44.2 Å². The summed E-state index contributed by atoms with van der Waals surface area (Å²) in [5.41, 5.74) is 1.02. The van der Waals surface area contributed by atoms with Crippen molar-refractivity contribution < 1.29 is 17.9 Å². The van der Waals surface area contributed by atoms with E-state index in [9.17, 15) is 13.2 Å². The van der Waals surface area contributed by atoms with E-state index >= 15 is 0 Å². The van der Waals surface area contributed by atoms with Crippen LogP contribution in [0.5, 0.6) is 0 Å². The molecule has 5 nitrogen and oxygen atoms in total. The minimum absolute atomic E-state index is 0.0628. The Morgan fingerprint density at radius 1 is 1.22 bits per heavy atom. The topological polar surface area (TPSA) is 63.7 Å². The van der Waals surface area contributed by atoms with Gasteiger partial charge in [0, 0.05) is 13.0 Å². The Hall–Kier alpha value is -1.56. The number of nitrogens with zero attached hydrogens (tertiary/aromatic N) is 1. The molecule has 0 bridgehead atoms. The molecule has 6 heteroatoms. The van der Waals surface area contributed by atoms with Gasteiger partial charge in [-0.1, -0.05) is 44.2 Å². The van der Waals surface area contributed by atoms with E-state index in [4.69, 9.17) is 4.74 Å². The van der Waals surface area contributed by atoms with Crippen molar-refractivity contribution >= 4 is 15.9 Å². The van der Waals surface area contributed by atoms with Crippen LogP contribution in [-0.2, 0) is 21.0 Å². The first-order chi connectivity index (χ1) is 10.9. The van der Waals surface area contributed by atoms with E-state index in [2.05, 4.69) is 0 Å². The molecule has 0 N–H and O–H groups in total. The van der Waals surface area contributed by atoms with Crippen LogP contribution in [0.15, 0.2) is 30.3 Å². The predicted octanol–water partition coefficient (Wildman–Crippen LogP) is 2.51. The Morgan fingerprint density at radius 3 is 2.57 bits per heavy atom. The number of sulfone groups is 1. The Labute approximate surface area is 138 Å². The fourth-order valence-corrected chi connectivity index (χ4v) is 4.02. The van der Waals surface area contributed by atoms with Crippen LogP contribution in [0, 0.1) is 5.92 Å². The van der Waals surface area contributed by atoms with Crippen molar-refractivity contribution in [2.75, 3.05) is 24.6 Å². The van der Waals surface area contributed by atoms with Crippen molar-refractivity contribution in [1.82, 2.24) is 4.90 Å². The lowest BCUT2D eigenvalue weighted by molar-refractivity contribution is 0.130. The molecule has 1 aromatic rings. The summed E-state index contributed by atoms with van der Waals surface area (Å²) in [6, 6.07) is 9.58. The lowest BCUT2D eigenvalue weighted by Gasteiger charge is -2.15. The zero-order valence-corrected chi connectivity index (χ0v) is 14.6. The molecule has 1 amide bonds. The van der Waals surface area contributed by atoms with Gasteiger partial charge in [-0.25, -0.2) is 13.2 Å². The SMILES string of the molecule is CC(C)CN1C[C@H](CCS(=O)(=O)CCc2ccccc2)OC1=O. The van der Waals surface area contributed by atoms with Gasteiger partial charge in [0.15, 0.2) is 9.84 Å². The molecule has 0 radical (unpaired) electrons. The second-order valence-electron chi connectivity index (χ2n) is 6.48. The smallest absolute Gasteiger partial charge is 0.410 e. The van der Waals surface area contributed by atoms with Gasteiger partial charge in [0.05, 0.1) is 18.1 Å². The highest BCUT2D eigenvalue weighted by Gasteiger charge is 2.32. The Balaban J connectivity index is 1.77.